The molecule has 0 unspecified atom stereocenters. The van der Waals surface area contributed by atoms with E-state index >= 15 is 0 Å². The molecule has 0 aliphatic heterocycles. The summed E-state index contributed by atoms with van der Waals surface area (Å²) in [6.07, 6.45) is 2.57. The van der Waals surface area contributed by atoms with Gasteiger partial charge in [-0.3, -0.25) is 9.98 Å². The van der Waals surface area contributed by atoms with Gasteiger partial charge in [0.2, 0.25) is 10.0 Å². The Balaban J connectivity index is 0.00000484. The molecule has 0 aliphatic rings. The van der Waals surface area contributed by atoms with Crippen LogP contribution in [0.25, 0.3) is 0 Å². The first-order chi connectivity index (χ1) is 10.6. The first-order valence-corrected chi connectivity index (χ1v) is 9.12. The number of rotatable bonds is 9. The second kappa shape index (κ2) is 12.5. The van der Waals surface area contributed by atoms with Gasteiger partial charge in [0, 0.05) is 37.9 Å². The number of hydrogen-bond donors (Lipinski definition) is 3. The molecule has 1 rings (SSSR count). The second-order valence-corrected chi connectivity index (χ2v) is 6.65. The fraction of sp³-hybridized carbons (Fsp3) is 0.571. The minimum absolute atomic E-state index is 0. The fourth-order valence-corrected chi connectivity index (χ4v) is 2.27. The van der Waals surface area contributed by atoms with E-state index in [0.717, 1.165) is 18.7 Å². The summed E-state index contributed by atoms with van der Waals surface area (Å²) in [5.74, 6) is 0.758. The molecule has 1 heterocycles. The number of aliphatic imine (C=N–C) groups is 1. The number of nitrogens with zero attached hydrogens (tertiary/aromatic N) is 2. The topological polar surface area (TPSA) is 95.5 Å². The SMILES string of the molecule is CCNC(=NCCNS(=O)(=O)CC)NCCc1ccccn1.I. The van der Waals surface area contributed by atoms with E-state index in [4.69, 9.17) is 0 Å². The van der Waals surface area contributed by atoms with Crippen molar-refractivity contribution < 1.29 is 8.42 Å². The number of guanidine groups is 1. The standard InChI is InChI=1S/C14H25N5O2S.HI/c1-3-15-14(18-11-12-19-22(20,21)4-2)17-10-8-13-7-5-6-9-16-13;/h5-7,9,19H,3-4,8,10-12H2,1-2H3,(H2,15,17,18);1H. The van der Waals surface area contributed by atoms with E-state index in [1.54, 1.807) is 13.1 Å². The maximum absolute atomic E-state index is 11.3. The molecule has 3 N–H and O–H groups in total. The van der Waals surface area contributed by atoms with Crippen LogP contribution in [-0.2, 0) is 16.4 Å². The predicted molar refractivity (Wildman–Crippen MR) is 105 cm³/mol. The van der Waals surface area contributed by atoms with Gasteiger partial charge in [-0.1, -0.05) is 6.07 Å². The average molecular weight is 455 g/mol. The van der Waals surface area contributed by atoms with Gasteiger partial charge >= 0.3 is 0 Å². The number of halogens is 1. The van der Waals surface area contributed by atoms with Crippen LogP contribution in [0.4, 0.5) is 0 Å². The summed E-state index contributed by atoms with van der Waals surface area (Å²) in [6, 6.07) is 5.83. The van der Waals surface area contributed by atoms with Gasteiger partial charge in [-0.25, -0.2) is 13.1 Å². The van der Waals surface area contributed by atoms with Gasteiger partial charge in [0.25, 0.3) is 0 Å². The molecule has 0 radical (unpaired) electrons. The van der Waals surface area contributed by atoms with Crippen LogP contribution in [0.5, 0.6) is 0 Å². The van der Waals surface area contributed by atoms with Crippen molar-refractivity contribution in [2.24, 2.45) is 4.99 Å². The Bertz CT molecular complexity index is 552. The molecule has 0 aliphatic carbocycles. The highest BCUT2D eigenvalue weighted by Gasteiger charge is 2.04. The number of pyridine rings is 1. The van der Waals surface area contributed by atoms with Crippen molar-refractivity contribution >= 4 is 40.0 Å². The van der Waals surface area contributed by atoms with Gasteiger partial charge in [-0.2, -0.15) is 0 Å². The van der Waals surface area contributed by atoms with Crippen LogP contribution in [0, 0.1) is 0 Å². The molecule has 9 heteroatoms. The Morgan fingerprint density at radius 3 is 2.61 bits per heavy atom. The quantitative estimate of drug-likeness (QED) is 0.221. The molecular formula is C14H26IN5O2S. The van der Waals surface area contributed by atoms with Crippen molar-refractivity contribution in [1.29, 1.82) is 0 Å². The lowest BCUT2D eigenvalue weighted by molar-refractivity contribution is 0.583. The van der Waals surface area contributed by atoms with E-state index in [9.17, 15) is 8.42 Å². The van der Waals surface area contributed by atoms with Crippen LogP contribution in [-0.4, -0.2) is 51.3 Å². The number of aromatic nitrogens is 1. The molecule has 7 nitrogen and oxygen atoms in total. The average Bonchev–Trinajstić information content (AvgIpc) is 2.52. The highest BCUT2D eigenvalue weighted by Crippen LogP contribution is 1.93. The van der Waals surface area contributed by atoms with E-state index in [1.807, 2.05) is 25.1 Å². The minimum Gasteiger partial charge on any atom is -0.357 e. The zero-order valence-electron chi connectivity index (χ0n) is 13.6. The van der Waals surface area contributed by atoms with E-state index in [1.165, 1.54) is 0 Å². The lowest BCUT2D eigenvalue weighted by Crippen LogP contribution is -2.39. The Labute approximate surface area is 155 Å². The third-order valence-corrected chi connectivity index (χ3v) is 4.23. The molecular weight excluding hydrogens is 429 g/mol. The number of sulfonamides is 1. The minimum atomic E-state index is -3.15. The van der Waals surface area contributed by atoms with Crippen LogP contribution in [0.3, 0.4) is 0 Å². The highest BCUT2D eigenvalue weighted by atomic mass is 127. The van der Waals surface area contributed by atoms with Crippen LogP contribution in [0.1, 0.15) is 19.5 Å². The van der Waals surface area contributed by atoms with Gasteiger partial charge in [0.15, 0.2) is 5.96 Å². The zero-order chi connectivity index (χ0) is 16.3. The van der Waals surface area contributed by atoms with Gasteiger partial charge in [0.05, 0.1) is 12.3 Å². The normalized spacial score (nSPS) is 11.7. The lowest BCUT2D eigenvalue weighted by atomic mass is 10.3. The summed E-state index contributed by atoms with van der Waals surface area (Å²) in [7, 11) is -3.15. The van der Waals surface area contributed by atoms with E-state index < -0.39 is 10.0 Å². The van der Waals surface area contributed by atoms with E-state index in [-0.39, 0.29) is 29.7 Å². The summed E-state index contributed by atoms with van der Waals surface area (Å²) >= 11 is 0. The first kappa shape index (κ1) is 22.1. The van der Waals surface area contributed by atoms with E-state index in [2.05, 4.69) is 25.3 Å². The van der Waals surface area contributed by atoms with Crippen LogP contribution in [0.2, 0.25) is 0 Å². The molecule has 0 amide bonds. The number of hydrogen-bond acceptors (Lipinski definition) is 4. The second-order valence-electron chi connectivity index (χ2n) is 4.56. The van der Waals surface area contributed by atoms with Crippen molar-refractivity contribution in [2.45, 2.75) is 20.3 Å². The summed E-state index contributed by atoms with van der Waals surface area (Å²) in [5, 5.41) is 6.32. The molecule has 0 spiro atoms. The summed E-state index contributed by atoms with van der Waals surface area (Å²) in [4.78, 5) is 8.59. The smallest absolute Gasteiger partial charge is 0.211 e. The molecule has 1 aromatic rings. The Kier molecular flexibility index (Phi) is 12.0. The maximum Gasteiger partial charge on any atom is 0.211 e. The molecule has 0 saturated heterocycles. The summed E-state index contributed by atoms with van der Waals surface area (Å²) in [5.41, 5.74) is 1.02. The Morgan fingerprint density at radius 1 is 1.22 bits per heavy atom. The molecule has 0 fully saturated rings. The molecule has 23 heavy (non-hydrogen) atoms. The Morgan fingerprint density at radius 2 is 2.00 bits per heavy atom. The summed E-state index contributed by atoms with van der Waals surface area (Å²) in [6.45, 7) is 5.73. The van der Waals surface area contributed by atoms with Crippen molar-refractivity contribution in [3.8, 4) is 0 Å². The highest BCUT2D eigenvalue weighted by molar-refractivity contribution is 14.0. The van der Waals surface area contributed by atoms with Crippen LogP contribution < -0.4 is 15.4 Å². The van der Waals surface area contributed by atoms with Crippen molar-refractivity contribution in [3.63, 3.8) is 0 Å². The molecule has 0 saturated carbocycles. The van der Waals surface area contributed by atoms with Gasteiger partial charge in [-0.05, 0) is 26.0 Å². The lowest BCUT2D eigenvalue weighted by Gasteiger charge is -2.11. The van der Waals surface area contributed by atoms with Crippen molar-refractivity contribution in [2.75, 3.05) is 31.9 Å². The molecule has 0 bridgehead atoms. The first-order valence-electron chi connectivity index (χ1n) is 7.46. The van der Waals surface area contributed by atoms with Crippen molar-refractivity contribution in [1.82, 2.24) is 20.3 Å². The van der Waals surface area contributed by atoms with Crippen molar-refractivity contribution in [3.05, 3.63) is 30.1 Å². The molecule has 0 atom stereocenters. The van der Waals surface area contributed by atoms with Crippen LogP contribution in [0.15, 0.2) is 29.4 Å². The molecule has 132 valence electrons. The van der Waals surface area contributed by atoms with Gasteiger partial charge in [0.1, 0.15) is 0 Å². The van der Waals surface area contributed by atoms with Gasteiger partial charge in [-0.15, -0.1) is 24.0 Å². The molecule has 1 aromatic heterocycles. The monoisotopic (exact) mass is 455 g/mol. The number of nitrogens with one attached hydrogen (secondary N) is 3. The van der Waals surface area contributed by atoms with Crippen LogP contribution >= 0.6 is 24.0 Å². The zero-order valence-corrected chi connectivity index (χ0v) is 16.7. The van der Waals surface area contributed by atoms with E-state index in [0.29, 0.717) is 25.6 Å². The predicted octanol–water partition coefficient (Wildman–Crippen LogP) is 0.737. The molecule has 0 aromatic carbocycles. The fourth-order valence-electron chi connectivity index (χ4n) is 1.67. The van der Waals surface area contributed by atoms with Gasteiger partial charge < -0.3 is 10.6 Å². The third kappa shape index (κ3) is 10.4. The third-order valence-electron chi connectivity index (χ3n) is 2.83. The Hall–Kier alpha value is -0.940. The largest absolute Gasteiger partial charge is 0.357 e. The summed E-state index contributed by atoms with van der Waals surface area (Å²) < 4.78 is 25.1. The maximum atomic E-state index is 11.3.